The first-order valence-electron chi connectivity index (χ1n) is 5.25. The van der Waals surface area contributed by atoms with Gasteiger partial charge in [-0.3, -0.25) is 4.98 Å². The molecule has 1 aliphatic carbocycles. The summed E-state index contributed by atoms with van der Waals surface area (Å²) in [5.74, 6) is 0. The molecule has 0 spiro atoms. The van der Waals surface area contributed by atoms with Crippen LogP contribution < -0.4 is 10.6 Å². The first-order chi connectivity index (χ1) is 7.22. The molecule has 0 bridgehead atoms. The highest BCUT2D eigenvalue weighted by Gasteiger charge is 2.28. The monoisotopic (exact) mass is 221 g/mol. The zero-order valence-electron chi connectivity index (χ0n) is 8.81. The van der Waals surface area contributed by atoms with E-state index in [0.29, 0.717) is 16.7 Å². The number of aromatic nitrogens is 1. The summed E-state index contributed by atoms with van der Waals surface area (Å²) < 4.78 is 0. The molecule has 0 aliphatic heterocycles. The minimum Gasteiger partial charge on any atom is -0.388 e. The van der Waals surface area contributed by atoms with Gasteiger partial charge >= 0.3 is 0 Å². The quantitative estimate of drug-likeness (QED) is 0.786. The summed E-state index contributed by atoms with van der Waals surface area (Å²) in [5.41, 5.74) is 7.45. The van der Waals surface area contributed by atoms with Crippen LogP contribution in [0, 0.1) is 0 Å². The molecule has 0 amide bonds. The van der Waals surface area contributed by atoms with Crippen LogP contribution in [0.2, 0.25) is 0 Å². The minimum atomic E-state index is 0.365. The number of anilines is 1. The fraction of sp³-hybridized carbons (Fsp3) is 0.455. The van der Waals surface area contributed by atoms with Crippen molar-refractivity contribution in [3.05, 3.63) is 24.0 Å². The van der Waals surface area contributed by atoms with E-state index in [-0.39, 0.29) is 0 Å². The van der Waals surface area contributed by atoms with E-state index in [0.717, 1.165) is 6.54 Å². The molecule has 0 unspecified atom stereocenters. The zero-order valence-corrected chi connectivity index (χ0v) is 9.63. The Kier molecular flexibility index (Phi) is 2.86. The van der Waals surface area contributed by atoms with Crippen molar-refractivity contribution < 1.29 is 0 Å². The van der Waals surface area contributed by atoms with Crippen LogP contribution in [0.5, 0.6) is 0 Å². The molecule has 0 radical (unpaired) electrons. The summed E-state index contributed by atoms with van der Waals surface area (Å²) >= 11 is 4.92. The number of thiocarbonyl (C=S) groups is 1. The Labute approximate surface area is 95.3 Å². The van der Waals surface area contributed by atoms with Gasteiger partial charge in [0.25, 0.3) is 0 Å². The highest BCUT2D eigenvalue weighted by atomic mass is 32.1. The molecule has 1 fully saturated rings. The van der Waals surface area contributed by atoms with Crippen molar-refractivity contribution in [1.82, 2.24) is 4.98 Å². The molecule has 1 heterocycles. The minimum absolute atomic E-state index is 0.365. The van der Waals surface area contributed by atoms with Gasteiger partial charge in [0.1, 0.15) is 4.99 Å². The van der Waals surface area contributed by atoms with Crippen LogP contribution in [0.3, 0.4) is 0 Å². The second-order valence-electron chi connectivity index (χ2n) is 3.78. The molecule has 3 nitrogen and oxygen atoms in total. The molecule has 0 atom stereocenters. The smallest absolute Gasteiger partial charge is 0.122 e. The van der Waals surface area contributed by atoms with Crippen molar-refractivity contribution in [2.24, 2.45) is 5.73 Å². The Balaban J connectivity index is 2.26. The lowest BCUT2D eigenvalue weighted by atomic mass is 10.3. The first kappa shape index (κ1) is 10.4. The second-order valence-corrected chi connectivity index (χ2v) is 4.22. The van der Waals surface area contributed by atoms with Gasteiger partial charge in [-0.25, -0.2) is 0 Å². The Morgan fingerprint density at radius 1 is 1.67 bits per heavy atom. The third kappa shape index (κ3) is 2.26. The lowest BCUT2D eigenvalue weighted by Crippen LogP contribution is -2.25. The summed E-state index contributed by atoms with van der Waals surface area (Å²) in [4.78, 5) is 6.89. The van der Waals surface area contributed by atoms with Gasteiger partial charge in [0.15, 0.2) is 0 Å². The summed E-state index contributed by atoms with van der Waals surface area (Å²) in [6, 6.07) is 4.70. The topological polar surface area (TPSA) is 42.2 Å². The average molecular weight is 221 g/mol. The Morgan fingerprint density at radius 3 is 2.93 bits per heavy atom. The van der Waals surface area contributed by atoms with Gasteiger partial charge in [0, 0.05) is 24.5 Å². The average Bonchev–Trinajstić information content (AvgIpc) is 3.04. The summed E-state index contributed by atoms with van der Waals surface area (Å²) in [7, 11) is 0. The van der Waals surface area contributed by atoms with Gasteiger partial charge in [0.2, 0.25) is 0 Å². The maximum atomic E-state index is 5.57. The molecule has 1 aromatic heterocycles. The van der Waals surface area contributed by atoms with Crippen LogP contribution in [0.1, 0.15) is 25.5 Å². The van der Waals surface area contributed by atoms with Crippen LogP contribution in [-0.2, 0) is 0 Å². The summed E-state index contributed by atoms with van der Waals surface area (Å²) in [6.45, 7) is 3.19. The zero-order chi connectivity index (χ0) is 10.8. The Bertz CT molecular complexity index is 374. The lowest BCUT2D eigenvalue weighted by Gasteiger charge is -2.22. The van der Waals surface area contributed by atoms with Gasteiger partial charge in [-0.2, -0.15) is 0 Å². The third-order valence-corrected chi connectivity index (χ3v) is 2.87. The molecule has 2 N–H and O–H groups in total. The molecule has 0 aromatic carbocycles. The van der Waals surface area contributed by atoms with Crippen molar-refractivity contribution in [1.29, 1.82) is 0 Å². The molecule has 15 heavy (non-hydrogen) atoms. The van der Waals surface area contributed by atoms with Gasteiger partial charge in [-0.1, -0.05) is 12.2 Å². The number of rotatable bonds is 4. The van der Waals surface area contributed by atoms with E-state index in [2.05, 4.69) is 16.8 Å². The molecular weight excluding hydrogens is 206 g/mol. The van der Waals surface area contributed by atoms with Crippen LogP contribution in [-0.4, -0.2) is 22.6 Å². The summed E-state index contributed by atoms with van der Waals surface area (Å²) in [6.07, 6.45) is 4.35. The molecule has 1 saturated carbocycles. The van der Waals surface area contributed by atoms with Gasteiger partial charge in [-0.05, 0) is 31.9 Å². The molecule has 1 aliphatic rings. The molecule has 80 valence electrons. The van der Waals surface area contributed by atoms with Crippen molar-refractivity contribution in [3.8, 4) is 0 Å². The maximum absolute atomic E-state index is 5.57. The maximum Gasteiger partial charge on any atom is 0.122 e. The van der Waals surface area contributed by atoms with E-state index in [1.807, 2.05) is 12.1 Å². The molecular formula is C11H15N3S. The third-order valence-electron chi connectivity index (χ3n) is 2.66. The number of pyridine rings is 1. The van der Waals surface area contributed by atoms with Crippen LogP contribution in [0.15, 0.2) is 18.3 Å². The summed E-state index contributed by atoms with van der Waals surface area (Å²) in [5, 5.41) is 0. The highest BCUT2D eigenvalue weighted by Crippen LogP contribution is 2.31. The van der Waals surface area contributed by atoms with Gasteiger partial charge in [0.05, 0.1) is 5.69 Å². The van der Waals surface area contributed by atoms with Crippen molar-refractivity contribution >= 4 is 22.9 Å². The second kappa shape index (κ2) is 4.14. The largest absolute Gasteiger partial charge is 0.388 e. The SMILES string of the molecule is CCN(c1ccnc(C(N)=S)c1)C1CC1. The van der Waals surface area contributed by atoms with Crippen LogP contribution >= 0.6 is 12.2 Å². The molecule has 1 aromatic rings. The molecule has 4 heteroatoms. The normalized spacial score (nSPS) is 15.0. The fourth-order valence-electron chi connectivity index (χ4n) is 1.77. The Morgan fingerprint density at radius 2 is 2.40 bits per heavy atom. The number of hydrogen-bond donors (Lipinski definition) is 1. The van der Waals surface area contributed by atoms with Crippen LogP contribution in [0.25, 0.3) is 0 Å². The number of nitrogens with two attached hydrogens (primary N) is 1. The van der Waals surface area contributed by atoms with Gasteiger partial charge in [-0.15, -0.1) is 0 Å². The van der Waals surface area contributed by atoms with E-state index in [1.54, 1.807) is 6.20 Å². The van der Waals surface area contributed by atoms with E-state index in [4.69, 9.17) is 18.0 Å². The number of nitrogens with zero attached hydrogens (tertiary/aromatic N) is 2. The van der Waals surface area contributed by atoms with E-state index < -0.39 is 0 Å². The fourth-order valence-corrected chi connectivity index (χ4v) is 1.88. The predicted molar refractivity (Wildman–Crippen MR) is 66.2 cm³/mol. The highest BCUT2D eigenvalue weighted by molar-refractivity contribution is 7.80. The van der Waals surface area contributed by atoms with Crippen LogP contribution in [0.4, 0.5) is 5.69 Å². The van der Waals surface area contributed by atoms with Crippen molar-refractivity contribution in [3.63, 3.8) is 0 Å². The first-order valence-corrected chi connectivity index (χ1v) is 5.65. The Hall–Kier alpha value is -1.16. The molecule has 2 rings (SSSR count). The van der Waals surface area contributed by atoms with E-state index in [9.17, 15) is 0 Å². The van der Waals surface area contributed by atoms with Crippen molar-refractivity contribution in [2.75, 3.05) is 11.4 Å². The van der Waals surface area contributed by atoms with E-state index >= 15 is 0 Å². The van der Waals surface area contributed by atoms with E-state index in [1.165, 1.54) is 18.5 Å². The predicted octanol–water partition coefficient (Wildman–Crippen LogP) is 1.70. The lowest BCUT2D eigenvalue weighted by molar-refractivity contribution is 0.825. The number of hydrogen-bond acceptors (Lipinski definition) is 3. The standard InChI is InChI=1S/C11H15N3S/c1-2-14(8-3-4-8)9-5-6-13-10(7-9)11(12)15/h5-8H,2-4H2,1H3,(H2,12,15). The van der Waals surface area contributed by atoms with Crippen molar-refractivity contribution in [2.45, 2.75) is 25.8 Å². The van der Waals surface area contributed by atoms with Gasteiger partial charge < -0.3 is 10.6 Å². The molecule has 0 saturated heterocycles.